The van der Waals surface area contributed by atoms with Crippen LogP contribution in [0, 0.1) is 0 Å². The zero-order valence-electron chi connectivity index (χ0n) is 20.3. The summed E-state index contributed by atoms with van der Waals surface area (Å²) >= 11 is 0. The molecule has 184 valence electrons. The molecule has 0 atom stereocenters. The Hall–Kier alpha value is -2.62. The molecule has 35 heavy (non-hydrogen) atoms. The third kappa shape index (κ3) is 6.34. The van der Waals surface area contributed by atoms with E-state index in [1.165, 1.54) is 24.2 Å². The third-order valence-electron chi connectivity index (χ3n) is 6.72. The van der Waals surface area contributed by atoms with Crippen LogP contribution in [0.3, 0.4) is 0 Å². The van der Waals surface area contributed by atoms with Crippen molar-refractivity contribution >= 4 is 5.91 Å². The standard InChI is InChI=1S/C28H31N3O3.HI/c1-31(2)13-11-30(12-14-31)19-22-6-4-8-24(16-22)23-7-3-5-21(15-23)18-29-28(32)25-9-10-26-27(17-25)34-20-33-26;/h3-10,15-17H,11-14,18-20H2,1-2H3;1H. The first kappa shape index (κ1) is 25.5. The maximum Gasteiger partial charge on any atom is 0.251 e. The van der Waals surface area contributed by atoms with Crippen molar-refractivity contribution in [3.8, 4) is 22.6 Å². The van der Waals surface area contributed by atoms with Crippen LogP contribution in [0.2, 0.25) is 0 Å². The molecule has 0 unspecified atom stereocenters. The molecule has 2 aliphatic rings. The fourth-order valence-electron chi connectivity index (χ4n) is 4.50. The van der Waals surface area contributed by atoms with E-state index in [1.807, 2.05) is 6.07 Å². The molecule has 0 aliphatic carbocycles. The van der Waals surface area contributed by atoms with Gasteiger partial charge in [0.1, 0.15) is 0 Å². The molecular formula is C28H32IN3O3. The van der Waals surface area contributed by atoms with Gasteiger partial charge in [0.2, 0.25) is 6.79 Å². The van der Waals surface area contributed by atoms with Gasteiger partial charge in [0.15, 0.2) is 11.5 Å². The number of piperazine rings is 1. The summed E-state index contributed by atoms with van der Waals surface area (Å²) in [7, 11) is 4.62. The van der Waals surface area contributed by atoms with Gasteiger partial charge in [-0.2, -0.15) is 0 Å². The maximum absolute atomic E-state index is 12.6. The smallest absolute Gasteiger partial charge is 0.251 e. The van der Waals surface area contributed by atoms with Crippen LogP contribution in [-0.4, -0.2) is 62.4 Å². The van der Waals surface area contributed by atoms with Crippen LogP contribution in [0.5, 0.6) is 11.5 Å². The van der Waals surface area contributed by atoms with E-state index in [4.69, 9.17) is 9.47 Å². The van der Waals surface area contributed by atoms with Crippen molar-refractivity contribution in [3.05, 3.63) is 83.4 Å². The average Bonchev–Trinajstić information content (AvgIpc) is 3.32. The molecule has 3 aromatic rings. The molecule has 5 rings (SSSR count). The highest BCUT2D eigenvalue weighted by atomic mass is 127. The molecule has 1 saturated heterocycles. The number of quaternary nitrogens is 1. The van der Waals surface area contributed by atoms with Gasteiger partial charge in [-0.05, 0) is 52.6 Å². The Morgan fingerprint density at radius 3 is 2.29 bits per heavy atom. The lowest BCUT2D eigenvalue weighted by molar-refractivity contribution is -0.894. The zero-order valence-corrected chi connectivity index (χ0v) is 22.5. The number of carbonyl (C=O) groups is 1. The fourth-order valence-corrected chi connectivity index (χ4v) is 4.50. The Kier molecular flexibility index (Phi) is 7.98. The van der Waals surface area contributed by atoms with Crippen LogP contribution >= 0.6 is 0 Å². The molecule has 3 aromatic carbocycles. The van der Waals surface area contributed by atoms with Crippen LogP contribution in [0.25, 0.3) is 11.1 Å². The van der Waals surface area contributed by atoms with Gasteiger partial charge in [-0.15, -0.1) is 0 Å². The summed E-state index contributed by atoms with van der Waals surface area (Å²) < 4.78 is 11.8. The van der Waals surface area contributed by atoms with Gasteiger partial charge in [0, 0.05) is 31.7 Å². The van der Waals surface area contributed by atoms with Gasteiger partial charge in [-0.3, -0.25) is 9.69 Å². The number of ether oxygens (including phenoxy) is 2. The summed E-state index contributed by atoms with van der Waals surface area (Å²) in [6.45, 7) is 6.30. The van der Waals surface area contributed by atoms with E-state index in [-0.39, 0.29) is 36.7 Å². The first-order valence-electron chi connectivity index (χ1n) is 11.9. The van der Waals surface area contributed by atoms with E-state index in [9.17, 15) is 4.79 Å². The molecule has 0 radical (unpaired) electrons. The summed E-state index contributed by atoms with van der Waals surface area (Å²) in [5, 5.41) is 3.01. The van der Waals surface area contributed by atoms with E-state index in [1.54, 1.807) is 18.2 Å². The van der Waals surface area contributed by atoms with Crippen LogP contribution in [0.15, 0.2) is 66.7 Å². The van der Waals surface area contributed by atoms with E-state index in [2.05, 4.69) is 66.8 Å². The second-order valence-corrected chi connectivity index (χ2v) is 9.81. The van der Waals surface area contributed by atoms with Crippen molar-refractivity contribution < 1.29 is 42.7 Å². The Morgan fingerprint density at radius 1 is 0.886 bits per heavy atom. The quantitative estimate of drug-likeness (QED) is 0.346. The molecule has 0 saturated carbocycles. The number of rotatable bonds is 6. The highest BCUT2D eigenvalue weighted by molar-refractivity contribution is 5.94. The number of fused-ring (bicyclic) bond motifs is 1. The normalized spacial score (nSPS) is 16.4. The fraction of sp³-hybridized carbons (Fsp3) is 0.321. The largest absolute Gasteiger partial charge is 1.00 e. The molecular weight excluding hydrogens is 553 g/mol. The molecule has 0 bridgehead atoms. The number of nitrogens with zero attached hydrogens (tertiary/aromatic N) is 2. The van der Waals surface area contributed by atoms with Crippen molar-refractivity contribution in [1.82, 2.24) is 10.2 Å². The van der Waals surface area contributed by atoms with E-state index in [0.717, 1.165) is 35.2 Å². The van der Waals surface area contributed by atoms with Crippen LogP contribution in [0.1, 0.15) is 21.5 Å². The minimum atomic E-state index is -0.131. The van der Waals surface area contributed by atoms with Crippen LogP contribution in [0.4, 0.5) is 0 Å². The maximum atomic E-state index is 12.6. The topological polar surface area (TPSA) is 50.8 Å². The number of hydrogen-bond acceptors (Lipinski definition) is 4. The van der Waals surface area contributed by atoms with Crippen molar-refractivity contribution in [2.75, 3.05) is 47.1 Å². The summed E-state index contributed by atoms with van der Waals surface area (Å²) in [4.78, 5) is 15.2. The van der Waals surface area contributed by atoms with Crippen LogP contribution in [-0.2, 0) is 13.1 Å². The number of benzene rings is 3. The molecule has 0 aromatic heterocycles. The van der Waals surface area contributed by atoms with Crippen molar-refractivity contribution in [1.29, 1.82) is 0 Å². The highest BCUT2D eigenvalue weighted by Crippen LogP contribution is 2.32. The van der Waals surface area contributed by atoms with Crippen LogP contribution < -0.4 is 38.8 Å². The molecule has 1 fully saturated rings. The second-order valence-electron chi connectivity index (χ2n) is 9.81. The van der Waals surface area contributed by atoms with E-state index in [0.29, 0.717) is 23.6 Å². The first-order valence-corrected chi connectivity index (χ1v) is 11.9. The molecule has 1 N–H and O–H groups in total. The van der Waals surface area contributed by atoms with E-state index >= 15 is 0 Å². The minimum Gasteiger partial charge on any atom is -1.00 e. The molecule has 2 aliphatic heterocycles. The summed E-state index contributed by atoms with van der Waals surface area (Å²) in [5.74, 6) is 1.16. The third-order valence-corrected chi connectivity index (χ3v) is 6.72. The number of nitrogens with one attached hydrogen (secondary N) is 1. The zero-order chi connectivity index (χ0) is 23.5. The van der Waals surface area contributed by atoms with Gasteiger partial charge in [0.05, 0.1) is 27.2 Å². The Balaban J connectivity index is 0.00000289. The number of carbonyl (C=O) groups excluding carboxylic acids is 1. The number of hydrogen-bond donors (Lipinski definition) is 1. The number of halogens is 1. The monoisotopic (exact) mass is 585 g/mol. The number of amides is 1. The first-order chi connectivity index (χ1) is 16.4. The lowest BCUT2D eigenvalue weighted by Gasteiger charge is -2.39. The van der Waals surface area contributed by atoms with Crippen molar-refractivity contribution in [2.45, 2.75) is 13.1 Å². The molecule has 1 amide bonds. The van der Waals surface area contributed by atoms with Crippen molar-refractivity contribution in [3.63, 3.8) is 0 Å². The van der Waals surface area contributed by atoms with Gasteiger partial charge in [0.25, 0.3) is 5.91 Å². The summed E-state index contributed by atoms with van der Waals surface area (Å²) in [6.07, 6.45) is 0. The van der Waals surface area contributed by atoms with Gasteiger partial charge in [-0.1, -0.05) is 36.4 Å². The molecule has 6 nitrogen and oxygen atoms in total. The summed E-state index contributed by atoms with van der Waals surface area (Å²) in [6, 6.07) is 22.4. The predicted octanol–water partition coefficient (Wildman–Crippen LogP) is 0.908. The second kappa shape index (κ2) is 11.0. The molecule has 2 heterocycles. The highest BCUT2D eigenvalue weighted by Gasteiger charge is 2.24. The van der Waals surface area contributed by atoms with Gasteiger partial charge >= 0.3 is 0 Å². The Bertz CT molecular complexity index is 1190. The summed E-state index contributed by atoms with van der Waals surface area (Å²) in [5.41, 5.74) is 5.33. The molecule has 0 spiro atoms. The lowest BCUT2D eigenvalue weighted by atomic mass is 10.0. The van der Waals surface area contributed by atoms with Gasteiger partial charge in [-0.25, -0.2) is 0 Å². The predicted molar refractivity (Wildman–Crippen MR) is 133 cm³/mol. The van der Waals surface area contributed by atoms with Gasteiger partial charge < -0.3 is 43.3 Å². The lowest BCUT2D eigenvalue weighted by Crippen LogP contribution is -3.00. The molecule has 7 heteroatoms. The SMILES string of the molecule is C[N+]1(C)CCN(Cc2cccc(-c3cccc(CNC(=O)c4ccc5c(c4)OCO5)c3)c2)CC1.[I-]. The average molecular weight is 585 g/mol. The number of likely N-dealkylation sites (N-methyl/N-ethyl adjacent to an activating group) is 1. The Morgan fingerprint density at radius 2 is 1.54 bits per heavy atom. The van der Waals surface area contributed by atoms with Crippen molar-refractivity contribution in [2.24, 2.45) is 0 Å². The Labute approximate surface area is 224 Å². The van der Waals surface area contributed by atoms with E-state index < -0.39 is 0 Å². The minimum absolute atomic E-state index is 0.